The van der Waals surface area contributed by atoms with Crippen LogP contribution in [0.15, 0.2) is 54.9 Å². The van der Waals surface area contributed by atoms with Gasteiger partial charge in [-0.1, -0.05) is 24.3 Å². The topological polar surface area (TPSA) is 46.4 Å². The minimum Gasteiger partial charge on any atom is -0.356 e. The summed E-state index contributed by atoms with van der Waals surface area (Å²) < 4.78 is 15.5. The molecular formula is C19H20FN3O. The first-order chi connectivity index (χ1) is 11.7. The first-order valence-corrected chi connectivity index (χ1v) is 8.15. The highest BCUT2D eigenvalue weighted by atomic mass is 19.1. The lowest BCUT2D eigenvalue weighted by molar-refractivity contribution is -0.121. The maximum Gasteiger partial charge on any atom is 0.220 e. The number of carbonyl (C=O) groups is 1. The Labute approximate surface area is 140 Å². The maximum atomic E-state index is 13.5. The Morgan fingerprint density at radius 3 is 2.83 bits per heavy atom. The monoisotopic (exact) mass is 325 g/mol. The average molecular weight is 325 g/mol. The molecule has 0 spiro atoms. The lowest BCUT2D eigenvalue weighted by Gasteiger charge is -2.06. The lowest BCUT2D eigenvalue weighted by Crippen LogP contribution is -2.25. The molecule has 0 fully saturated rings. The molecule has 0 unspecified atom stereocenters. The largest absolute Gasteiger partial charge is 0.356 e. The van der Waals surface area contributed by atoms with E-state index >= 15 is 0 Å². The minimum absolute atomic E-state index is 0.0498. The Kier molecular flexibility index (Phi) is 5.21. The van der Waals surface area contributed by atoms with Crippen LogP contribution in [-0.2, 0) is 17.6 Å². The summed E-state index contributed by atoms with van der Waals surface area (Å²) in [7, 11) is 0. The van der Waals surface area contributed by atoms with Crippen molar-refractivity contribution in [3.8, 4) is 0 Å². The molecular weight excluding hydrogens is 305 g/mol. The van der Waals surface area contributed by atoms with Gasteiger partial charge in [0.1, 0.15) is 11.6 Å². The van der Waals surface area contributed by atoms with Gasteiger partial charge in [-0.2, -0.15) is 0 Å². The molecule has 4 nitrogen and oxygen atoms in total. The van der Waals surface area contributed by atoms with Crippen molar-refractivity contribution in [2.75, 3.05) is 6.54 Å². The molecule has 0 aliphatic carbocycles. The number of amides is 1. The number of aromatic nitrogens is 2. The van der Waals surface area contributed by atoms with Crippen molar-refractivity contribution in [2.24, 2.45) is 0 Å². The molecule has 1 aromatic carbocycles. The van der Waals surface area contributed by atoms with Gasteiger partial charge in [0, 0.05) is 25.6 Å². The normalized spacial score (nSPS) is 10.9. The maximum absolute atomic E-state index is 13.5. The molecule has 1 N–H and O–H groups in total. The summed E-state index contributed by atoms with van der Waals surface area (Å²) in [5, 5.41) is 2.88. The number of halogens is 1. The molecule has 3 aromatic rings. The quantitative estimate of drug-likeness (QED) is 0.678. The first kappa shape index (κ1) is 16.2. The Morgan fingerprint density at radius 2 is 1.96 bits per heavy atom. The van der Waals surface area contributed by atoms with Gasteiger partial charge in [-0.3, -0.25) is 4.79 Å². The number of aryl methyl sites for hydroxylation is 2. The summed E-state index contributed by atoms with van der Waals surface area (Å²) in [6.45, 7) is 0.595. The third kappa shape index (κ3) is 3.98. The number of nitrogens with one attached hydrogen (secondary N) is 1. The molecule has 0 aliphatic rings. The summed E-state index contributed by atoms with van der Waals surface area (Å²) in [5.74, 6) is 0.689. The van der Waals surface area contributed by atoms with Crippen LogP contribution in [0, 0.1) is 5.82 Å². The highest BCUT2D eigenvalue weighted by Crippen LogP contribution is 2.09. The van der Waals surface area contributed by atoms with E-state index in [9.17, 15) is 9.18 Å². The van der Waals surface area contributed by atoms with E-state index in [-0.39, 0.29) is 11.7 Å². The van der Waals surface area contributed by atoms with Crippen LogP contribution in [-0.4, -0.2) is 21.8 Å². The molecule has 0 saturated heterocycles. The molecule has 3 rings (SSSR count). The molecule has 0 atom stereocenters. The third-order valence-electron chi connectivity index (χ3n) is 3.99. The van der Waals surface area contributed by atoms with Crippen LogP contribution >= 0.6 is 0 Å². The molecule has 5 heteroatoms. The number of rotatable bonds is 7. The van der Waals surface area contributed by atoms with Crippen LogP contribution in [0.3, 0.4) is 0 Å². The summed E-state index contributed by atoms with van der Waals surface area (Å²) in [5.41, 5.74) is 1.65. The predicted octanol–water partition coefficient (Wildman–Crippen LogP) is 3.16. The Hall–Kier alpha value is -2.69. The van der Waals surface area contributed by atoms with Crippen LogP contribution < -0.4 is 5.32 Å². The van der Waals surface area contributed by atoms with E-state index < -0.39 is 0 Å². The second-order valence-corrected chi connectivity index (χ2v) is 5.71. The Balaban J connectivity index is 1.40. The summed E-state index contributed by atoms with van der Waals surface area (Å²) in [4.78, 5) is 16.3. The highest BCUT2D eigenvalue weighted by molar-refractivity contribution is 5.76. The van der Waals surface area contributed by atoms with Gasteiger partial charge in [-0.05, 0) is 36.6 Å². The Morgan fingerprint density at radius 1 is 1.12 bits per heavy atom. The number of carbonyl (C=O) groups excluding carboxylic acids is 1. The number of benzene rings is 1. The van der Waals surface area contributed by atoms with E-state index in [1.54, 1.807) is 18.2 Å². The van der Waals surface area contributed by atoms with Crippen LogP contribution in [0.2, 0.25) is 0 Å². The fraction of sp³-hybridized carbons (Fsp3) is 0.263. The van der Waals surface area contributed by atoms with Crippen molar-refractivity contribution in [3.63, 3.8) is 0 Å². The molecule has 2 heterocycles. The molecule has 0 saturated carbocycles. The van der Waals surface area contributed by atoms with Crippen molar-refractivity contribution >= 4 is 11.4 Å². The fourth-order valence-corrected chi connectivity index (χ4v) is 2.70. The molecule has 0 bridgehead atoms. The fourth-order valence-electron chi connectivity index (χ4n) is 2.70. The van der Waals surface area contributed by atoms with Gasteiger partial charge in [0.05, 0.1) is 11.7 Å². The van der Waals surface area contributed by atoms with E-state index in [1.165, 1.54) is 6.07 Å². The number of imidazole rings is 1. The number of fused-ring (bicyclic) bond motifs is 1. The first-order valence-electron chi connectivity index (χ1n) is 8.15. The number of nitrogens with zero attached hydrogens (tertiary/aromatic N) is 2. The van der Waals surface area contributed by atoms with Gasteiger partial charge in [0.15, 0.2) is 0 Å². The van der Waals surface area contributed by atoms with E-state index in [0.717, 1.165) is 24.2 Å². The zero-order valence-electron chi connectivity index (χ0n) is 13.4. The number of hydrogen-bond donors (Lipinski definition) is 1. The van der Waals surface area contributed by atoms with E-state index in [2.05, 4.69) is 14.7 Å². The van der Waals surface area contributed by atoms with Gasteiger partial charge in [0.2, 0.25) is 5.91 Å². The van der Waals surface area contributed by atoms with E-state index in [1.807, 2.05) is 30.6 Å². The molecule has 0 radical (unpaired) electrons. The van der Waals surface area contributed by atoms with Crippen LogP contribution in [0.4, 0.5) is 4.39 Å². The van der Waals surface area contributed by atoms with E-state index in [4.69, 9.17) is 0 Å². The standard InChI is InChI=1S/C19H20FN3O/c20-17-8-2-1-6-15(17)10-11-19(24)21-12-5-9-18-22-14-16-7-3-4-13-23(16)18/h1-4,6-8,13-14H,5,9-12H2,(H,21,24). The second-order valence-electron chi connectivity index (χ2n) is 5.71. The SMILES string of the molecule is O=C(CCc1ccccc1F)NCCCc1ncc2ccccn12. The van der Waals surface area contributed by atoms with Crippen molar-refractivity contribution in [1.29, 1.82) is 0 Å². The van der Waals surface area contributed by atoms with E-state index in [0.29, 0.717) is 24.9 Å². The zero-order valence-corrected chi connectivity index (χ0v) is 13.4. The van der Waals surface area contributed by atoms with Crippen LogP contribution in [0.5, 0.6) is 0 Å². The van der Waals surface area contributed by atoms with Crippen LogP contribution in [0.25, 0.3) is 5.52 Å². The molecule has 24 heavy (non-hydrogen) atoms. The van der Waals surface area contributed by atoms with Gasteiger partial charge >= 0.3 is 0 Å². The smallest absolute Gasteiger partial charge is 0.220 e. The Bertz CT molecular complexity index is 828. The number of pyridine rings is 1. The third-order valence-corrected chi connectivity index (χ3v) is 3.99. The average Bonchev–Trinajstić information content (AvgIpc) is 3.01. The zero-order chi connectivity index (χ0) is 16.8. The van der Waals surface area contributed by atoms with Crippen molar-refractivity contribution in [2.45, 2.75) is 25.7 Å². The summed E-state index contributed by atoms with van der Waals surface area (Å²) in [6, 6.07) is 12.5. The van der Waals surface area contributed by atoms with Gasteiger partial charge in [0.25, 0.3) is 0 Å². The number of hydrogen-bond acceptors (Lipinski definition) is 2. The molecule has 124 valence electrons. The molecule has 1 amide bonds. The highest BCUT2D eigenvalue weighted by Gasteiger charge is 2.06. The van der Waals surface area contributed by atoms with Crippen molar-refractivity contribution < 1.29 is 9.18 Å². The van der Waals surface area contributed by atoms with Gasteiger partial charge in [-0.15, -0.1) is 0 Å². The molecule has 2 aromatic heterocycles. The summed E-state index contributed by atoms with van der Waals surface area (Å²) in [6.07, 6.45) is 6.18. The second kappa shape index (κ2) is 7.73. The van der Waals surface area contributed by atoms with Crippen molar-refractivity contribution in [1.82, 2.24) is 14.7 Å². The van der Waals surface area contributed by atoms with Gasteiger partial charge in [-0.25, -0.2) is 9.37 Å². The molecule has 0 aliphatic heterocycles. The van der Waals surface area contributed by atoms with Crippen molar-refractivity contribution in [3.05, 3.63) is 72.1 Å². The summed E-state index contributed by atoms with van der Waals surface area (Å²) >= 11 is 0. The minimum atomic E-state index is -0.253. The predicted molar refractivity (Wildman–Crippen MR) is 91.2 cm³/mol. The van der Waals surface area contributed by atoms with Gasteiger partial charge < -0.3 is 9.72 Å². The lowest BCUT2D eigenvalue weighted by atomic mass is 10.1. The van der Waals surface area contributed by atoms with Crippen LogP contribution in [0.1, 0.15) is 24.2 Å².